The first-order chi connectivity index (χ1) is 12.4. The Morgan fingerprint density at radius 2 is 1.85 bits per heavy atom. The summed E-state index contributed by atoms with van der Waals surface area (Å²) >= 11 is 3.34. The molecule has 1 aliphatic rings. The number of carbonyl (C=O) groups is 1. The molecule has 2 aromatic carbocycles. The molecule has 0 atom stereocenters. The van der Waals surface area contributed by atoms with Crippen molar-refractivity contribution in [3.8, 4) is 5.75 Å². The SMILES string of the molecule is O=C(COc1cccc(Br)c1)Nc1cccc(S(=O)(=O)N2CCCC2)c1. The highest BCUT2D eigenvalue weighted by molar-refractivity contribution is 9.10. The second kappa shape index (κ2) is 8.20. The summed E-state index contributed by atoms with van der Waals surface area (Å²) in [7, 11) is -3.51. The molecule has 2 aromatic rings. The van der Waals surface area contributed by atoms with Crippen LogP contribution in [-0.2, 0) is 14.8 Å². The summed E-state index contributed by atoms with van der Waals surface area (Å²) < 4.78 is 33.0. The summed E-state index contributed by atoms with van der Waals surface area (Å²) in [6.07, 6.45) is 1.76. The fraction of sp³-hybridized carbons (Fsp3) is 0.278. The quantitative estimate of drug-likeness (QED) is 0.750. The molecule has 0 spiro atoms. The smallest absolute Gasteiger partial charge is 0.262 e. The molecule has 1 saturated heterocycles. The summed E-state index contributed by atoms with van der Waals surface area (Å²) in [6.45, 7) is 0.915. The Hall–Kier alpha value is -1.90. The van der Waals surface area contributed by atoms with Crippen LogP contribution in [0.3, 0.4) is 0 Å². The van der Waals surface area contributed by atoms with Crippen molar-refractivity contribution in [2.45, 2.75) is 17.7 Å². The van der Waals surface area contributed by atoms with Crippen molar-refractivity contribution in [1.29, 1.82) is 0 Å². The molecule has 26 heavy (non-hydrogen) atoms. The number of sulfonamides is 1. The third kappa shape index (κ3) is 4.63. The van der Waals surface area contributed by atoms with Crippen LogP contribution in [0.25, 0.3) is 0 Å². The maximum Gasteiger partial charge on any atom is 0.262 e. The molecule has 138 valence electrons. The van der Waals surface area contributed by atoms with Crippen LogP contribution in [0.15, 0.2) is 57.9 Å². The largest absolute Gasteiger partial charge is 0.484 e. The first-order valence-corrected chi connectivity index (χ1v) is 10.5. The van der Waals surface area contributed by atoms with E-state index >= 15 is 0 Å². The zero-order valence-electron chi connectivity index (χ0n) is 14.0. The average Bonchev–Trinajstić information content (AvgIpc) is 3.16. The molecule has 0 aromatic heterocycles. The highest BCUT2D eigenvalue weighted by Gasteiger charge is 2.27. The molecule has 1 heterocycles. The molecule has 0 saturated carbocycles. The van der Waals surface area contributed by atoms with E-state index in [2.05, 4.69) is 21.2 Å². The van der Waals surface area contributed by atoms with E-state index in [4.69, 9.17) is 4.74 Å². The van der Waals surface area contributed by atoms with Crippen molar-refractivity contribution < 1.29 is 17.9 Å². The number of hydrogen-bond donors (Lipinski definition) is 1. The maximum absolute atomic E-state index is 12.6. The number of amides is 1. The molecule has 0 bridgehead atoms. The second-order valence-electron chi connectivity index (χ2n) is 5.93. The van der Waals surface area contributed by atoms with E-state index in [9.17, 15) is 13.2 Å². The van der Waals surface area contributed by atoms with Crippen molar-refractivity contribution in [2.24, 2.45) is 0 Å². The number of anilines is 1. The molecular weight excluding hydrogens is 420 g/mol. The lowest BCUT2D eigenvalue weighted by atomic mass is 10.3. The first kappa shape index (κ1) is 18.9. The van der Waals surface area contributed by atoms with E-state index in [1.54, 1.807) is 30.3 Å². The summed E-state index contributed by atoms with van der Waals surface area (Å²) in [5.74, 6) is 0.209. The summed E-state index contributed by atoms with van der Waals surface area (Å²) in [4.78, 5) is 12.3. The predicted octanol–water partition coefficient (Wildman–Crippen LogP) is 3.25. The fourth-order valence-electron chi connectivity index (χ4n) is 2.71. The molecule has 1 amide bonds. The number of benzene rings is 2. The normalized spacial score (nSPS) is 15.0. The van der Waals surface area contributed by atoms with E-state index < -0.39 is 10.0 Å². The Bertz CT molecular complexity index is 896. The van der Waals surface area contributed by atoms with Crippen LogP contribution in [-0.4, -0.2) is 38.3 Å². The van der Waals surface area contributed by atoms with Gasteiger partial charge < -0.3 is 10.1 Å². The zero-order valence-corrected chi connectivity index (χ0v) is 16.4. The van der Waals surface area contributed by atoms with Gasteiger partial charge in [0.05, 0.1) is 4.90 Å². The standard InChI is InChI=1S/C18H19BrN2O4S/c19-14-5-3-7-16(11-14)25-13-18(22)20-15-6-4-8-17(12-15)26(23,24)21-9-1-2-10-21/h3-8,11-12H,1-2,9-10,13H2,(H,20,22). The minimum atomic E-state index is -3.51. The lowest BCUT2D eigenvalue weighted by Gasteiger charge is -2.16. The van der Waals surface area contributed by atoms with Gasteiger partial charge in [-0.3, -0.25) is 4.79 Å². The van der Waals surface area contributed by atoms with E-state index in [1.165, 1.54) is 10.4 Å². The highest BCUT2D eigenvalue weighted by atomic mass is 79.9. The first-order valence-electron chi connectivity index (χ1n) is 8.23. The van der Waals surface area contributed by atoms with Crippen LogP contribution < -0.4 is 10.1 Å². The van der Waals surface area contributed by atoms with Gasteiger partial charge >= 0.3 is 0 Å². The maximum atomic E-state index is 12.6. The van der Waals surface area contributed by atoms with Crippen molar-refractivity contribution in [3.05, 3.63) is 53.0 Å². The fourth-order valence-corrected chi connectivity index (χ4v) is 4.66. The summed E-state index contributed by atoms with van der Waals surface area (Å²) in [6, 6.07) is 13.5. The van der Waals surface area contributed by atoms with E-state index in [0.29, 0.717) is 24.5 Å². The Kier molecular flexibility index (Phi) is 5.95. The summed E-state index contributed by atoms with van der Waals surface area (Å²) in [5.41, 5.74) is 0.424. The zero-order chi connectivity index (χ0) is 18.6. The average molecular weight is 439 g/mol. The molecule has 1 fully saturated rings. The Balaban J connectivity index is 1.64. The van der Waals surface area contributed by atoms with Crippen molar-refractivity contribution >= 4 is 37.5 Å². The number of hydrogen-bond acceptors (Lipinski definition) is 4. The minimum Gasteiger partial charge on any atom is -0.484 e. The molecule has 0 aliphatic carbocycles. The lowest BCUT2D eigenvalue weighted by Crippen LogP contribution is -2.28. The van der Waals surface area contributed by atoms with Crippen molar-refractivity contribution in [1.82, 2.24) is 4.31 Å². The van der Waals surface area contributed by atoms with Gasteiger partial charge in [0.1, 0.15) is 5.75 Å². The van der Waals surface area contributed by atoms with Crippen LogP contribution in [0, 0.1) is 0 Å². The lowest BCUT2D eigenvalue weighted by molar-refractivity contribution is -0.118. The van der Waals surface area contributed by atoms with Crippen molar-refractivity contribution in [3.63, 3.8) is 0 Å². The molecule has 1 N–H and O–H groups in total. The Labute approximate surface area is 161 Å². The highest BCUT2D eigenvalue weighted by Crippen LogP contribution is 2.23. The van der Waals surface area contributed by atoms with Gasteiger partial charge in [-0.1, -0.05) is 28.1 Å². The van der Waals surface area contributed by atoms with Gasteiger partial charge in [-0.25, -0.2) is 8.42 Å². The van der Waals surface area contributed by atoms with Gasteiger partial charge in [0.25, 0.3) is 5.91 Å². The van der Waals surface area contributed by atoms with Crippen LogP contribution >= 0.6 is 15.9 Å². The van der Waals surface area contributed by atoms with Gasteiger partial charge in [0, 0.05) is 23.2 Å². The molecule has 6 nitrogen and oxygen atoms in total. The van der Waals surface area contributed by atoms with Gasteiger partial charge in [-0.2, -0.15) is 4.31 Å². The van der Waals surface area contributed by atoms with Crippen LogP contribution in [0.1, 0.15) is 12.8 Å². The third-order valence-electron chi connectivity index (χ3n) is 3.99. The molecule has 0 unspecified atom stereocenters. The van der Waals surface area contributed by atoms with E-state index in [-0.39, 0.29) is 17.4 Å². The molecular formula is C18H19BrN2O4S. The van der Waals surface area contributed by atoms with Gasteiger partial charge in [-0.05, 0) is 49.2 Å². The van der Waals surface area contributed by atoms with Gasteiger partial charge in [0.2, 0.25) is 10.0 Å². The molecule has 1 aliphatic heterocycles. The Morgan fingerprint density at radius 1 is 1.12 bits per heavy atom. The summed E-state index contributed by atoms with van der Waals surface area (Å²) in [5, 5.41) is 2.67. The molecule has 0 radical (unpaired) electrons. The van der Waals surface area contributed by atoms with Crippen LogP contribution in [0.4, 0.5) is 5.69 Å². The third-order valence-corrected chi connectivity index (χ3v) is 6.37. The van der Waals surface area contributed by atoms with E-state index in [1.807, 2.05) is 12.1 Å². The second-order valence-corrected chi connectivity index (χ2v) is 8.79. The molecule has 8 heteroatoms. The van der Waals surface area contributed by atoms with Crippen molar-refractivity contribution in [2.75, 3.05) is 25.0 Å². The topological polar surface area (TPSA) is 75.7 Å². The minimum absolute atomic E-state index is 0.167. The Morgan fingerprint density at radius 3 is 2.58 bits per heavy atom. The number of halogens is 1. The number of carbonyl (C=O) groups excluding carboxylic acids is 1. The monoisotopic (exact) mass is 438 g/mol. The number of nitrogens with one attached hydrogen (secondary N) is 1. The van der Waals surface area contributed by atoms with Crippen LogP contribution in [0.2, 0.25) is 0 Å². The predicted molar refractivity (Wildman–Crippen MR) is 103 cm³/mol. The molecule has 3 rings (SSSR count). The number of ether oxygens (including phenoxy) is 1. The number of rotatable bonds is 6. The van der Waals surface area contributed by atoms with Gasteiger partial charge in [0.15, 0.2) is 6.61 Å². The van der Waals surface area contributed by atoms with Crippen LogP contribution in [0.5, 0.6) is 5.75 Å². The van der Waals surface area contributed by atoms with Gasteiger partial charge in [-0.15, -0.1) is 0 Å². The van der Waals surface area contributed by atoms with E-state index in [0.717, 1.165) is 17.3 Å². The number of nitrogens with zero attached hydrogens (tertiary/aromatic N) is 1.